The number of hydrogen-bond acceptors (Lipinski definition) is 5. The Bertz CT molecular complexity index is 1360. The molecule has 1 amide bonds. The molecule has 5 rings (SSSR count). The molecule has 0 aliphatic carbocycles. The highest BCUT2D eigenvalue weighted by atomic mass is 32.2. The molecule has 3 heterocycles. The third-order valence-electron chi connectivity index (χ3n) is 5.81. The van der Waals surface area contributed by atoms with Gasteiger partial charge in [-0.2, -0.15) is 5.10 Å². The van der Waals surface area contributed by atoms with Gasteiger partial charge in [0, 0.05) is 24.4 Å². The lowest BCUT2D eigenvalue weighted by Crippen LogP contribution is -2.35. The zero-order chi connectivity index (χ0) is 22.2. The van der Waals surface area contributed by atoms with Gasteiger partial charge >= 0.3 is 0 Å². The molecular formula is C24H23N5O2S. The molecule has 7 nitrogen and oxygen atoms in total. The van der Waals surface area contributed by atoms with E-state index in [0.717, 1.165) is 16.9 Å². The van der Waals surface area contributed by atoms with Crippen LogP contribution in [-0.4, -0.2) is 37.5 Å². The fourth-order valence-electron chi connectivity index (χ4n) is 4.20. The van der Waals surface area contributed by atoms with E-state index >= 15 is 0 Å². The summed E-state index contributed by atoms with van der Waals surface area (Å²) >= 11 is 1.51. The Morgan fingerprint density at radius 2 is 1.91 bits per heavy atom. The molecule has 1 atom stereocenters. The highest BCUT2D eigenvalue weighted by Crippen LogP contribution is 2.34. The number of amides is 1. The molecule has 1 aliphatic heterocycles. The SMILES string of the molecule is CCN(C(=O)CC1CSc2nc3c(cnn3-c3ccccc3)c(=O)n21)c1ccccc1C. The first-order chi connectivity index (χ1) is 15.6. The highest BCUT2D eigenvalue weighted by molar-refractivity contribution is 7.99. The number of hydrogen-bond donors (Lipinski definition) is 0. The van der Waals surface area contributed by atoms with E-state index in [0.29, 0.717) is 28.5 Å². The van der Waals surface area contributed by atoms with E-state index in [9.17, 15) is 9.59 Å². The Kier molecular flexibility index (Phi) is 5.30. The summed E-state index contributed by atoms with van der Waals surface area (Å²) in [6.45, 7) is 4.55. The average Bonchev–Trinajstić information content (AvgIpc) is 3.41. The van der Waals surface area contributed by atoms with Gasteiger partial charge in [-0.15, -0.1) is 0 Å². The van der Waals surface area contributed by atoms with Gasteiger partial charge in [-0.1, -0.05) is 48.2 Å². The van der Waals surface area contributed by atoms with E-state index in [2.05, 4.69) is 5.10 Å². The minimum absolute atomic E-state index is 0.00669. The summed E-state index contributed by atoms with van der Waals surface area (Å²) in [6.07, 6.45) is 1.82. The molecule has 2 aromatic carbocycles. The van der Waals surface area contributed by atoms with Crippen LogP contribution in [0.25, 0.3) is 16.7 Å². The molecule has 2 aromatic heterocycles. The predicted octanol–water partition coefficient (Wildman–Crippen LogP) is 3.98. The second-order valence-electron chi connectivity index (χ2n) is 7.79. The molecule has 0 saturated carbocycles. The van der Waals surface area contributed by atoms with Crippen molar-refractivity contribution in [3.05, 3.63) is 76.7 Å². The normalized spacial score (nSPS) is 15.1. The van der Waals surface area contributed by atoms with Crippen molar-refractivity contribution in [2.75, 3.05) is 17.2 Å². The summed E-state index contributed by atoms with van der Waals surface area (Å²) in [5.41, 5.74) is 3.22. The number of fused-ring (bicyclic) bond motifs is 2. The van der Waals surface area contributed by atoms with Crippen LogP contribution in [0.2, 0.25) is 0 Å². The molecule has 1 unspecified atom stereocenters. The van der Waals surface area contributed by atoms with E-state index in [1.54, 1.807) is 20.3 Å². The Morgan fingerprint density at radius 1 is 1.16 bits per heavy atom. The highest BCUT2D eigenvalue weighted by Gasteiger charge is 2.31. The van der Waals surface area contributed by atoms with Crippen LogP contribution < -0.4 is 10.5 Å². The number of benzene rings is 2. The molecule has 0 fully saturated rings. The third-order valence-corrected chi connectivity index (χ3v) is 6.90. The van der Waals surface area contributed by atoms with Crippen LogP contribution in [0.4, 0.5) is 5.69 Å². The number of carbonyl (C=O) groups excluding carboxylic acids is 1. The minimum Gasteiger partial charge on any atom is -0.312 e. The maximum Gasteiger partial charge on any atom is 0.265 e. The van der Waals surface area contributed by atoms with Crippen LogP contribution >= 0.6 is 11.8 Å². The summed E-state index contributed by atoms with van der Waals surface area (Å²) in [4.78, 5) is 33.1. The number of carbonyl (C=O) groups is 1. The minimum atomic E-state index is -0.231. The van der Waals surface area contributed by atoms with Crippen LogP contribution in [0, 0.1) is 6.92 Å². The van der Waals surface area contributed by atoms with Gasteiger partial charge in [-0.25, -0.2) is 9.67 Å². The van der Waals surface area contributed by atoms with Crippen molar-refractivity contribution in [1.82, 2.24) is 19.3 Å². The number of anilines is 1. The second kappa shape index (κ2) is 8.27. The Hall–Kier alpha value is -3.39. The molecule has 32 heavy (non-hydrogen) atoms. The van der Waals surface area contributed by atoms with Gasteiger partial charge in [0.25, 0.3) is 5.56 Å². The van der Waals surface area contributed by atoms with Gasteiger partial charge in [0.2, 0.25) is 5.91 Å². The van der Waals surface area contributed by atoms with Crippen molar-refractivity contribution >= 4 is 34.4 Å². The van der Waals surface area contributed by atoms with Gasteiger partial charge in [-0.05, 0) is 37.6 Å². The summed E-state index contributed by atoms with van der Waals surface area (Å²) < 4.78 is 3.36. The fraction of sp³-hybridized carbons (Fsp3) is 0.250. The largest absolute Gasteiger partial charge is 0.312 e. The zero-order valence-corrected chi connectivity index (χ0v) is 18.7. The van der Waals surface area contributed by atoms with Crippen molar-refractivity contribution in [2.45, 2.75) is 31.5 Å². The first kappa shape index (κ1) is 20.5. The van der Waals surface area contributed by atoms with Crippen LogP contribution in [0.5, 0.6) is 0 Å². The number of thioether (sulfide) groups is 1. The van der Waals surface area contributed by atoms with Crippen LogP contribution in [-0.2, 0) is 4.79 Å². The van der Waals surface area contributed by atoms with E-state index in [4.69, 9.17) is 4.98 Å². The molecular weight excluding hydrogens is 422 g/mol. The molecule has 8 heteroatoms. The van der Waals surface area contributed by atoms with Gasteiger partial charge < -0.3 is 4.90 Å². The summed E-state index contributed by atoms with van der Waals surface area (Å²) in [6, 6.07) is 17.3. The van der Waals surface area contributed by atoms with Crippen LogP contribution in [0.15, 0.2) is 70.7 Å². The van der Waals surface area contributed by atoms with Gasteiger partial charge in [0.05, 0.1) is 17.9 Å². The Morgan fingerprint density at radius 3 is 2.66 bits per heavy atom. The molecule has 0 N–H and O–H groups in total. The van der Waals surface area contributed by atoms with E-state index in [1.807, 2.05) is 68.4 Å². The predicted molar refractivity (Wildman–Crippen MR) is 127 cm³/mol. The summed E-state index contributed by atoms with van der Waals surface area (Å²) in [5, 5.41) is 5.50. The van der Waals surface area contributed by atoms with E-state index in [1.165, 1.54) is 11.8 Å². The number of aryl methyl sites for hydroxylation is 1. The molecule has 0 radical (unpaired) electrons. The molecule has 4 aromatic rings. The van der Waals surface area contributed by atoms with Crippen molar-refractivity contribution < 1.29 is 4.79 Å². The molecule has 0 bridgehead atoms. The topological polar surface area (TPSA) is 73.0 Å². The van der Waals surface area contributed by atoms with Gasteiger partial charge in [0.1, 0.15) is 5.39 Å². The monoisotopic (exact) mass is 445 g/mol. The van der Waals surface area contributed by atoms with Crippen LogP contribution in [0.1, 0.15) is 24.9 Å². The lowest BCUT2D eigenvalue weighted by Gasteiger charge is -2.24. The molecule has 0 saturated heterocycles. The van der Waals surface area contributed by atoms with Crippen LogP contribution in [0.3, 0.4) is 0 Å². The summed E-state index contributed by atoms with van der Waals surface area (Å²) in [7, 11) is 0. The smallest absolute Gasteiger partial charge is 0.265 e. The first-order valence-electron chi connectivity index (χ1n) is 10.6. The first-order valence-corrected chi connectivity index (χ1v) is 11.6. The summed E-state index contributed by atoms with van der Waals surface area (Å²) in [5.74, 6) is 0.650. The Balaban J connectivity index is 1.48. The lowest BCUT2D eigenvalue weighted by atomic mass is 10.1. The van der Waals surface area contributed by atoms with E-state index in [-0.39, 0.29) is 23.9 Å². The zero-order valence-electron chi connectivity index (χ0n) is 17.9. The van der Waals surface area contributed by atoms with Crippen molar-refractivity contribution in [3.63, 3.8) is 0 Å². The van der Waals surface area contributed by atoms with E-state index < -0.39 is 0 Å². The standard InChI is InChI=1S/C24H23N5O2S/c1-3-27(20-12-8-7-9-16(20)2)21(30)13-18-15-32-24-26-22-19(23(31)28(18)24)14-25-29(22)17-10-5-4-6-11-17/h4-12,14,18H,3,13,15H2,1-2H3. The quantitative estimate of drug-likeness (QED) is 0.435. The number of para-hydroxylation sites is 2. The number of nitrogens with zero attached hydrogens (tertiary/aromatic N) is 5. The number of rotatable bonds is 5. The maximum absolute atomic E-state index is 13.4. The number of aromatic nitrogens is 4. The Labute approximate surface area is 189 Å². The van der Waals surface area contributed by atoms with Crippen molar-refractivity contribution in [3.8, 4) is 5.69 Å². The molecule has 162 valence electrons. The second-order valence-corrected chi connectivity index (χ2v) is 8.78. The van der Waals surface area contributed by atoms with Gasteiger partial charge in [0.15, 0.2) is 10.8 Å². The molecule has 0 spiro atoms. The third kappa shape index (κ3) is 3.40. The molecule has 1 aliphatic rings. The fourth-order valence-corrected chi connectivity index (χ4v) is 5.33. The maximum atomic E-state index is 13.4. The lowest BCUT2D eigenvalue weighted by molar-refractivity contribution is -0.119. The average molecular weight is 446 g/mol. The van der Waals surface area contributed by atoms with Crippen molar-refractivity contribution in [1.29, 1.82) is 0 Å². The van der Waals surface area contributed by atoms with Crippen molar-refractivity contribution in [2.24, 2.45) is 0 Å². The van der Waals surface area contributed by atoms with Gasteiger partial charge in [-0.3, -0.25) is 14.2 Å².